The van der Waals surface area contributed by atoms with Crippen LogP contribution >= 0.6 is 0 Å². The molecule has 6 unspecified atom stereocenters. The number of allylic oxidation sites excluding steroid dienone is 1. The highest BCUT2D eigenvalue weighted by Crippen LogP contribution is 2.62. The van der Waals surface area contributed by atoms with Gasteiger partial charge >= 0.3 is 12.2 Å². The van der Waals surface area contributed by atoms with E-state index in [1.807, 2.05) is 91.0 Å². The van der Waals surface area contributed by atoms with Gasteiger partial charge in [0.25, 0.3) is 0 Å². The van der Waals surface area contributed by atoms with Crippen LogP contribution in [-0.4, -0.2) is 91.2 Å². The molecular weight excluding hydrogens is 1010 g/mol. The van der Waals surface area contributed by atoms with E-state index in [1.165, 1.54) is 44.9 Å². The topological polar surface area (TPSA) is 176 Å². The fourth-order valence-corrected chi connectivity index (χ4v) is 12.0. The third-order valence-electron chi connectivity index (χ3n) is 15.9. The zero-order chi connectivity index (χ0) is 55.8. The standard InChI is InChI=1S/C65H85N3O12/c1-3-5-6-7-8-9-10-11-12-21-34-66-63(71)79-52-31-33-57-55(42-52)61-53(29-20-23-36-70)51(28-19-22-35-69)41-54-56(67-78-46-49-26-17-14-18-27-49)43-60(65(80-57,62(54)61)77-37-4-2)68(44-50-30-32-58-59(40-50)76-47-75-58)64(72)74-39-38-73-45-48-24-15-13-16-25-48/h4,13-18,24-27,30-33,40-42,51,53,60-62,69-70H,2-3,5-12,19-23,28-29,34-39,43-47H2,1H3,(H,66,71). The minimum Gasteiger partial charge on any atom is -0.459 e. The quantitative estimate of drug-likeness (QED) is 0.0230. The number of nitrogens with zero attached hydrogens (tertiary/aromatic N) is 2. The number of aliphatic hydroxyl groups is 2. The lowest BCUT2D eigenvalue weighted by Crippen LogP contribution is -2.70. The molecule has 0 bridgehead atoms. The molecule has 6 atom stereocenters. The Balaban J connectivity index is 1.17. The fraction of sp³-hybridized carbons (Fsp3) is 0.523. The van der Waals surface area contributed by atoms with Crippen LogP contribution in [0.1, 0.15) is 144 Å². The number of aliphatic hydroxyl groups excluding tert-OH is 2. The first kappa shape index (κ1) is 59.7. The van der Waals surface area contributed by atoms with E-state index >= 15 is 4.79 Å². The lowest BCUT2D eigenvalue weighted by atomic mass is 9.55. The van der Waals surface area contributed by atoms with Gasteiger partial charge in [-0.3, -0.25) is 4.90 Å². The number of ether oxygens (including phenoxy) is 7. The molecule has 2 amide bonds. The summed E-state index contributed by atoms with van der Waals surface area (Å²) in [6.45, 7) is 7.83. The molecule has 1 fully saturated rings. The molecule has 4 aliphatic rings. The number of benzene rings is 4. The summed E-state index contributed by atoms with van der Waals surface area (Å²) < 4.78 is 44.6. The molecule has 4 aromatic rings. The van der Waals surface area contributed by atoms with E-state index in [0.29, 0.717) is 54.7 Å². The van der Waals surface area contributed by atoms with E-state index < -0.39 is 29.9 Å². The summed E-state index contributed by atoms with van der Waals surface area (Å²) in [6.07, 6.45) is 19.2. The second kappa shape index (κ2) is 31.6. The van der Waals surface area contributed by atoms with Crippen molar-refractivity contribution in [3.8, 4) is 23.0 Å². The molecule has 0 radical (unpaired) electrons. The number of carbonyl (C=O) groups is 2. The lowest BCUT2D eigenvalue weighted by molar-refractivity contribution is -0.256. The molecule has 8 rings (SSSR count). The average molecular weight is 1100 g/mol. The summed E-state index contributed by atoms with van der Waals surface area (Å²) in [5.41, 5.74) is 5.01. The number of nitrogens with one attached hydrogen (secondary N) is 1. The van der Waals surface area contributed by atoms with Crippen molar-refractivity contribution in [2.45, 2.75) is 154 Å². The molecule has 3 N–H and O–H groups in total. The van der Waals surface area contributed by atoms with Crippen LogP contribution in [0.3, 0.4) is 0 Å². The fourth-order valence-electron chi connectivity index (χ4n) is 12.0. The van der Waals surface area contributed by atoms with E-state index in [4.69, 9.17) is 43.2 Å². The van der Waals surface area contributed by atoms with Gasteiger partial charge in [-0.1, -0.05) is 162 Å². The highest BCUT2D eigenvalue weighted by molar-refractivity contribution is 6.03. The molecule has 4 aromatic carbocycles. The predicted octanol–water partition coefficient (Wildman–Crippen LogP) is 13.1. The van der Waals surface area contributed by atoms with Gasteiger partial charge in [0.05, 0.1) is 31.5 Å². The second-order valence-electron chi connectivity index (χ2n) is 21.5. The van der Waals surface area contributed by atoms with Crippen molar-refractivity contribution >= 4 is 17.9 Å². The van der Waals surface area contributed by atoms with Crippen molar-refractivity contribution in [3.05, 3.63) is 144 Å². The van der Waals surface area contributed by atoms with Crippen LogP contribution in [-0.2, 0) is 38.8 Å². The Kier molecular flexibility index (Phi) is 23.6. The number of carbonyl (C=O) groups excluding carboxylic acids is 2. The van der Waals surface area contributed by atoms with Crippen LogP contribution < -0.4 is 24.3 Å². The van der Waals surface area contributed by atoms with Gasteiger partial charge in [-0.05, 0) is 96.5 Å². The van der Waals surface area contributed by atoms with Crippen molar-refractivity contribution in [2.75, 3.05) is 46.4 Å². The summed E-state index contributed by atoms with van der Waals surface area (Å²) >= 11 is 0. The second-order valence-corrected chi connectivity index (χ2v) is 21.5. The summed E-state index contributed by atoms with van der Waals surface area (Å²) in [5, 5.41) is 28.3. The molecule has 1 saturated carbocycles. The van der Waals surface area contributed by atoms with Crippen molar-refractivity contribution in [2.24, 2.45) is 22.9 Å². The van der Waals surface area contributed by atoms with E-state index in [-0.39, 0.29) is 77.2 Å². The summed E-state index contributed by atoms with van der Waals surface area (Å²) in [5.74, 6) is -0.604. The van der Waals surface area contributed by atoms with Gasteiger partial charge in [-0.2, -0.15) is 0 Å². The molecule has 0 saturated heterocycles. The first-order chi connectivity index (χ1) is 39.3. The number of unbranched alkanes of at least 4 members (excludes halogenated alkanes) is 11. The molecular formula is C65H85N3O12. The third kappa shape index (κ3) is 16.2. The van der Waals surface area contributed by atoms with E-state index in [2.05, 4.69) is 24.9 Å². The Morgan fingerprint density at radius 3 is 2.17 bits per heavy atom. The summed E-state index contributed by atoms with van der Waals surface area (Å²) in [4.78, 5) is 36.8. The van der Waals surface area contributed by atoms with E-state index in [0.717, 1.165) is 72.8 Å². The number of rotatable bonds is 34. The van der Waals surface area contributed by atoms with Gasteiger partial charge in [0.1, 0.15) is 30.8 Å². The Bertz CT molecular complexity index is 2610. The molecule has 2 aliphatic heterocycles. The van der Waals surface area contributed by atoms with Crippen LogP contribution in [0.5, 0.6) is 23.0 Å². The Labute approximate surface area is 473 Å². The van der Waals surface area contributed by atoms with Gasteiger partial charge in [0, 0.05) is 44.2 Å². The molecule has 15 heteroatoms. The largest absolute Gasteiger partial charge is 0.459 e. The van der Waals surface area contributed by atoms with Crippen LogP contribution in [0.4, 0.5) is 9.59 Å². The highest BCUT2D eigenvalue weighted by atomic mass is 16.7. The molecule has 0 aromatic heterocycles. The molecule has 2 aliphatic carbocycles. The zero-order valence-electron chi connectivity index (χ0n) is 46.9. The van der Waals surface area contributed by atoms with Crippen LogP contribution in [0.2, 0.25) is 0 Å². The summed E-state index contributed by atoms with van der Waals surface area (Å²) in [7, 11) is 0. The average Bonchev–Trinajstić information content (AvgIpc) is 4.02. The number of hydrogen-bond donors (Lipinski definition) is 3. The number of oxime groups is 1. The molecule has 15 nitrogen and oxygen atoms in total. The third-order valence-corrected chi connectivity index (χ3v) is 15.9. The van der Waals surface area contributed by atoms with Crippen molar-refractivity contribution in [1.29, 1.82) is 0 Å². The monoisotopic (exact) mass is 1100 g/mol. The number of fused-ring (bicyclic) bond motifs is 3. The number of amides is 2. The summed E-state index contributed by atoms with van der Waals surface area (Å²) in [6, 6.07) is 29.9. The molecule has 80 heavy (non-hydrogen) atoms. The SMILES string of the molecule is C=CCOC12Oc3ccc(OC(=O)NCCCCCCCCCCCC)cc3C3C(CCCCO)C(CCCCO)C=C(C(=NOCc4ccccc4)CC1N(Cc1ccc4c(c1)OCO4)C(=O)OCCOCc1ccccc1)C32. The van der Waals surface area contributed by atoms with Crippen molar-refractivity contribution in [1.82, 2.24) is 10.2 Å². The van der Waals surface area contributed by atoms with Gasteiger partial charge in [-0.15, -0.1) is 6.58 Å². The normalized spacial score (nSPS) is 20.9. The molecule has 432 valence electrons. The molecule has 2 heterocycles. The van der Waals surface area contributed by atoms with Gasteiger partial charge in [-0.25, -0.2) is 9.59 Å². The van der Waals surface area contributed by atoms with Gasteiger partial charge in [0.2, 0.25) is 12.6 Å². The van der Waals surface area contributed by atoms with E-state index in [9.17, 15) is 15.0 Å². The van der Waals surface area contributed by atoms with Crippen molar-refractivity contribution < 1.29 is 57.8 Å². The minimum atomic E-state index is -1.59. The van der Waals surface area contributed by atoms with Gasteiger partial charge in [0.15, 0.2) is 11.5 Å². The first-order valence-corrected chi connectivity index (χ1v) is 29.5. The van der Waals surface area contributed by atoms with Crippen molar-refractivity contribution in [3.63, 3.8) is 0 Å². The Morgan fingerprint density at radius 2 is 1.45 bits per heavy atom. The first-order valence-electron chi connectivity index (χ1n) is 29.5. The maximum Gasteiger partial charge on any atom is 0.412 e. The maximum absolute atomic E-state index is 15.3. The zero-order valence-corrected chi connectivity index (χ0v) is 46.9. The minimum absolute atomic E-state index is 0.0186. The lowest BCUT2D eigenvalue weighted by Gasteiger charge is -2.59. The smallest absolute Gasteiger partial charge is 0.412 e. The van der Waals surface area contributed by atoms with Gasteiger partial charge < -0.3 is 53.5 Å². The van der Waals surface area contributed by atoms with Crippen LogP contribution in [0.25, 0.3) is 0 Å². The Morgan fingerprint density at radius 1 is 0.762 bits per heavy atom. The van der Waals surface area contributed by atoms with Crippen LogP contribution in [0.15, 0.2) is 127 Å². The van der Waals surface area contributed by atoms with Crippen LogP contribution in [0, 0.1) is 17.8 Å². The maximum atomic E-state index is 15.3. The van der Waals surface area contributed by atoms with E-state index in [1.54, 1.807) is 17.0 Å². The highest BCUT2D eigenvalue weighted by Gasteiger charge is 2.66. The number of hydrogen-bond acceptors (Lipinski definition) is 13. The molecule has 0 spiro atoms. The predicted molar refractivity (Wildman–Crippen MR) is 308 cm³/mol. The Hall–Kier alpha value is -6.39.